The number of aliphatic hydroxyl groups excluding tert-OH is 2. The van der Waals surface area contributed by atoms with Gasteiger partial charge in [-0.1, -0.05) is 25.5 Å². The molecule has 3 aliphatic rings. The summed E-state index contributed by atoms with van der Waals surface area (Å²) in [4.78, 5) is 41.5. The number of nitrogens with two attached hydrogens (primary N) is 2. The van der Waals surface area contributed by atoms with E-state index in [1.165, 1.54) is 32.2 Å². The van der Waals surface area contributed by atoms with Crippen LogP contribution >= 0.6 is 0 Å². The van der Waals surface area contributed by atoms with Crippen molar-refractivity contribution in [2.24, 2.45) is 17.4 Å². The van der Waals surface area contributed by atoms with E-state index in [0.717, 1.165) is 38.0 Å². The number of phenols is 1. The summed E-state index contributed by atoms with van der Waals surface area (Å²) in [6.07, 6.45) is 2.82. The summed E-state index contributed by atoms with van der Waals surface area (Å²) < 4.78 is 11.4. The molecule has 1 amide bonds. The SMILES string of the molecule is CCCCOCCCNCc1ccc(OC)c(-c2ccc(O)c3c2C[C@H]2C[C@@]4(N)[C@H](N(C)C)C(=O)C(C(N)=O)=C(O)[C@@]4(O)C(=O)C2=C3O)c1. The summed E-state index contributed by atoms with van der Waals surface area (Å²) in [6, 6.07) is 7.40. The fraction of sp³-hybridized carbons (Fsp3) is 0.472. The molecule has 0 unspecified atom stereocenters. The van der Waals surface area contributed by atoms with E-state index in [4.69, 9.17) is 20.9 Å². The number of Topliss-reactive ketones (excluding diaryl/α,β-unsaturated/α-hetero) is 2. The van der Waals surface area contributed by atoms with Gasteiger partial charge in [-0.3, -0.25) is 19.3 Å². The highest BCUT2D eigenvalue weighted by Gasteiger charge is 2.71. The molecule has 0 aliphatic heterocycles. The van der Waals surface area contributed by atoms with Crippen molar-refractivity contribution < 1.29 is 44.3 Å². The molecule has 0 heterocycles. The number of rotatable bonds is 13. The monoisotopic (exact) mass is 678 g/mol. The minimum absolute atomic E-state index is 0.0199. The maximum Gasteiger partial charge on any atom is 0.255 e. The van der Waals surface area contributed by atoms with Gasteiger partial charge in [0.05, 0.1) is 24.3 Å². The van der Waals surface area contributed by atoms with Gasteiger partial charge in [0.15, 0.2) is 11.5 Å². The molecule has 5 rings (SSSR count). The van der Waals surface area contributed by atoms with Gasteiger partial charge in [-0.05, 0) is 87.1 Å². The molecule has 264 valence electrons. The van der Waals surface area contributed by atoms with Gasteiger partial charge in [0.1, 0.15) is 22.8 Å². The van der Waals surface area contributed by atoms with Crippen molar-refractivity contribution in [1.82, 2.24) is 10.2 Å². The lowest BCUT2D eigenvalue weighted by Crippen LogP contribution is -2.80. The predicted octanol–water partition coefficient (Wildman–Crippen LogP) is 2.02. The lowest BCUT2D eigenvalue weighted by Gasteiger charge is -2.56. The number of hydrogen-bond acceptors (Lipinski definition) is 12. The minimum Gasteiger partial charge on any atom is -0.508 e. The second kappa shape index (κ2) is 13.9. The lowest BCUT2D eigenvalue weighted by atomic mass is 9.53. The number of hydrogen-bond donors (Lipinski definition) is 7. The molecule has 49 heavy (non-hydrogen) atoms. The Labute approximate surface area is 285 Å². The van der Waals surface area contributed by atoms with Crippen molar-refractivity contribution in [2.45, 2.75) is 62.8 Å². The summed E-state index contributed by atoms with van der Waals surface area (Å²) in [5.74, 6) is -5.92. The van der Waals surface area contributed by atoms with Crippen molar-refractivity contribution in [2.75, 3.05) is 41.0 Å². The minimum atomic E-state index is -2.98. The zero-order chi connectivity index (χ0) is 35.8. The van der Waals surface area contributed by atoms with Crippen LogP contribution in [0, 0.1) is 5.92 Å². The molecular formula is C36H46N4O9. The van der Waals surface area contributed by atoms with Gasteiger partial charge in [-0.25, -0.2) is 0 Å². The number of methoxy groups -OCH3 is 1. The molecule has 13 nitrogen and oxygen atoms in total. The Morgan fingerprint density at radius 3 is 2.45 bits per heavy atom. The maximum absolute atomic E-state index is 14.3. The number of fused-ring (bicyclic) bond motifs is 3. The second-order valence-corrected chi connectivity index (χ2v) is 13.3. The van der Waals surface area contributed by atoms with E-state index >= 15 is 0 Å². The number of unbranched alkanes of at least 4 members (excludes halogenated alkanes) is 1. The predicted molar refractivity (Wildman–Crippen MR) is 182 cm³/mol. The third-order valence-electron chi connectivity index (χ3n) is 9.97. The fourth-order valence-electron chi connectivity index (χ4n) is 7.66. The second-order valence-electron chi connectivity index (χ2n) is 13.3. The van der Waals surface area contributed by atoms with Crippen LogP contribution in [-0.2, 0) is 32.1 Å². The van der Waals surface area contributed by atoms with Gasteiger partial charge in [0, 0.05) is 30.9 Å². The molecule has 13 heteroatoms. The number of likely N-dealkylation sites (N-methyl/N-ethyl adjacent to an activating group) is 1. The van der Waals surface area contributed by atoms with Gasteiger partial charge in [-0.15, -0.1) is 0 Å². The highest BCUT2D eigenvalue weighted by Crippen LogP contribution is 2.54. The van der Waals surface area contributed by atoms with E-state index in [1.807, 2.05) is 18.2 Å². The third-order valence-corrected chi connectivity index (χ3v) is 9.97. The first-order valence-corrected chi connectivity index (χ1v) is 16.5. The number of aromatic hydroxyl groups is 1. The number of nitrogens with one attached hydrogen (secondary N) is 1. The van der Waals surface area contributed by atoms with E-state index in [1.54, 1.807) is 6.07 Å². The van der Waals surface area contributed by atoms with Crippen LogP contribution in [0.25, 0.3) is 16.9 Å². The largest absolute Gasteiger partial charge is 0.508 e. The third kappa shape index (κ3) is 5.89. The molecule has 3 aliphatic carbocycles. The van der Waals surface area contributed by atoms with Crippen molar-refractivity contribution in [3.63, 3.8) is 0 Å². The standard InChI is InChI=1S/C36H46N4O9/c1-5-6-13-49-14-7-12-39-18-19-8-11-25(48-4)22(15-19)21-9-10-24(41)27-23(21)16-20-17-35(38)31(40(2)3)30(43)28(34(37)46)33(45)36(35,47)32(44)26(20)29(27)42/h8-11,15,20,31,39,41-42,45,47H,5-7,12-14,16-18,38H2,1-4H3,(H2,37,46)/t20-,31+,35+,36-/m0/s1. The van der Waals surface area contributed by atoms with Crippen LogP contribution in [-0.4, -0.2) is 101 Å². The molecule has 0 spiro atoms. The number of carbonyl (C=O) groups is 3. The Kier molecular flexibility index (Phi) is 10.2. The van der Waals surface area contributed by atoms with E-state index in [2.05, 4.69) is 12.2 Å². The topological polar surface area (TPSA) is 218 Å². The highest BCUT2D eigenvalue weighted by molar-refractivity contribution is 6.25. The molecule has 0 radical (unpaired) electrons. The van der Waals surface area contributed by atoms with Crippen LogP contribution < -0.4 is 21.5 Å². The van der Waals surface area contributed by atoms with Crippen LogP contribution in [0.4, 0.5) is 0 Å². The van der Waals surface area contributed by atoms with Crippen LogP contribution in [0.2, 0.25) is 0 Å². The summed E-state index contributed by atoms with van der Waals surface area (Å²) in [5, 5.41) is 49.3. The number of aliphatic hydroxyl groups is 3. The van der Waals surface area contributed by atoms with Crippen molar-refractivity contribution in [1.29, 1.82) is 0 Å². The number of ether oxygens (including phenoxy) is 2. The first-order chi connectivity index (χ1) is 23.2. The zero-order valence-electron chi connectivity index (χ0n) is 28.3. The number of amides is 1. The number of phenolic OH excluding ortho intramolecular Hbond substituents is 1. The summed E-state index contributed by atoms with van der Waals surface area (Å²) in [6.45, 7) is 4.88. The Balaban J connectivity index is 1.56. The Morgan fingerprint density at radius 2 is 1.80 bits per heavy atom. The summed E-state index contributed by atoms with van der Waals surface area (Å²) in [7, 11) is 4.53. The molecule has 9 N–H and O–H groups in total. The van der Waals surface area contributed by atoms with Crippen LogP contribution in [0.3, 0.4) is 0 Å². The Hall–Kier alpha value is -4.27. The van der Waals surface area contributed by atoms with Crippen molar-refractivity contribution >= 4 is 23.2 Å². The lowest BCUT2D eigenvalue weighted by molar-refractivity contribution is -0.157. The first kappa shape index (κ1) is 36.0. The van der Waals surface area contributed by atoms with Gasteiger partial charge < -0.3 is 46.7 Å². The van der Waals surface area contributed by atoms with E-state index in [-0.39, 0.29) is 29.7 Å². The fourth-order valence-corrected chi connectivity index (χ4v) is 7.66. The number of primary amides is 1. The molecule has 4 atom stereocenters. The van der Waals surface area contributed by atoms with Crippen LogP contribution in [0.5, 0.6) is 11.5 Å². The van der Waals surface area contributed by atoms with Gasteiger partial charge >= 0.3 is 0 Å². The van der Waals surface area contributed by atoms with E-state index in [0.29, 0.717) is 35.6 Å². The molecule has 0 saturated heterocycles. The van der Waals surface area contributed by atoms with Gasteiger partial charge in [0.2, 0.25) is 11.4 Å². The maximum atomic E-state index is 14.3. The van der Waals surface area contributed by atoms with E-state index < -0.39 is 57.7 Å². The molecule has 2 aromatic carbocycles. The molecule has 0 bridgehead atoms. The Bertz CT molecular complexity index is 1730. The average molecular weight is 679 g/mol. The smallest absolute Gasteiger partial charge is 0.255 e. The number of carbonyl (C=O) groups excluding carboxylic acids is 3. The highest BCUT2D eigenvalue weighted by atomic mass is 16.5. The number of ketones is 2. The van der Waals surface area contributed by atoms with Gasteiger partial charge in [0.25, 0.3) is 5.91 Å². The van der Waals surface area contributed by atoms with Gasteiger partial charge in [-0.2, -0.15) is 0 Å². The van der Waals surface area contributed by atoms with Crippen LogP contribution in [0.15, 0.2) is 47.2 Å². The normalized spacial score (nSPS) is 25.0. The van der Waals surface area contributed by atoms with E-state index in [9.17, 15) is 34.8 Å². The van der Waals surface area contributed by atoms with Crippen molar-refractivity contribution in [3.8, 4) is 22.6 Å². The number of benzene rings is 2. The Morgan fingerprint density at radius 1 is 1.08 bits per heavy atom. The first-order valence-electron chi connectivity index (χ1n) is 16.5. The average Bonchev–Trinajstić information content (AvgIpc) is 3.04. The molecule has 1 saturated carbocycles. The molecule has 1 fully saturated rings. The molecule has 0 aromatic heterocycles. The summed E-state index contributed by atoms with van der Waals surface area (Å²) in [5.41, 5.74) is 8.68. The van der Waals surface area contributed by atoms with Crippen LogP contribution in [0.1, 0.15) is 49.3 Å². The zero-order valence-corrected chi connectivity index (χ0v) is 28.3. The number of nitrogens with zero attached hydrogens (tertiary/aromatic N) is 1. The molecular weight excluding hydrogens is 632 g/mol. The quantitative estimate of drug-likeness (QED) is 0.120. The van der Waals surface area contributed by atoms with Crippen molar-refractivity contribution in [3.05, 3.63) is 63.9 Å². The summed E-state index contributed by atoms with van der Waals surface area (Å²) >= 11 is 0. The molecule has 2 aromatic rings.